The van der Waals surface area contributed by atoms with Crippen LogP contribution in [0.25, 0.3) is 10.6 Å². The number of rotatable bonds is 3. The summed E-state index contributed by atoms with van der Waals surface area (Å²) in [6, 6.07) is 10.1. The second kappa shape index (κ2) is 5.36. The average Bonchev–Trinajstić information content (AvgIpc) is 3.00. The van der Waals surface area contributed by atoms with Crippen LogP contribution in [-0.2, 0) is 0 Å². The lowest BCUT2D eigenvalue weighted by Gasteiger charge is -2.61. The molecule has 2 fully saturated rings. The van der Waals surface area contributed by atoms with Gasteiger partial charge in [0.25, 0.3) is 5.91 Å². The molecule has 4 rings (SSSR count). The second-order valence-electron chi connectivity index (χ2n) is 6.19. The highest BCUT2D eigenvalue weighted by molar-refractivity contribution is 7.16. The van der Waals surface area contributed by atoms with Gasteiger partial charge in [0.05, 0.1) is 6.20 Å². The summed E-state index contributed by atoms with van der Waals surface area (Å²) >= 11 is 1.45. The van der Waals surface area contributed by atoms with Crippen molar-refractivity contribution in [2.45, 2.75) is 30.8 Å². The van der Waals surface area contributed by atoms with Crippen molar-refractivity contribution in [3.8, 4) is 16.8 Å². The zero-order valence-corrected chi connectivity index (χ0v) is 13.3. The fourth-order valence-electron chi connectivity index (χ4n) is 3.55. The van der Waals surface area contributed by atoms with E-state index in [2.05, 4.69) is 10.3 Å². The molecule has 1 saturated heterocycles. The molecule has 5 nitrogen and oxygen atoms in total. The maximum atomic E-state index is 12.8. The molecule has 1 saturated carbocycles. The topological polar surface area (TPSA) is 69.0 Å². The molecule has 2 heterocycles. The Balaban J connectivity index is 1.48. The number of hydrogen-bond donors (Lipinski definition) is 1. The van der Waals surface area contributed by atoms with Crippen LogP contribution < -0.4 is 5.32 Å². The zero-order chi connectivity index (χ0) is 15.9. The first-order valence-corrected chi connectivity index (χ1v) is 8.51. The van der Waals surface area contributed by atoms with Crippen molar-refractivity contribution < 1.29 is 4.79 Å². The van der Waals surface area contributed by atoms with Gasteiger partial charge in [-0.1, -0.05) is 30.3 Å². The molecular formula is C17H16N4OS. The summed E-state index contributed by atoms with van der Waals surface area (Å²) in [4.78, 5) is 19.8. The van der Waals surface area contributed by atoms with Gasteiger partial charge in [0, 0.05) is 23.7 Å². The van der Waals surface area contributed by atoms with E-state index in [0.29, 0.717) is 4.88 Å². The molecule has 0 atom stereocenters. The minimum atomic E-state index is -0.0253. The number of nitrogens with one attached hydrogen (secondary N) is 1. The molecule has 1 aliphatic heterocycles. The van der Waals surface area contributed by atoms with Crippen LogP contribution in [0.3, 0.4) is 0 Å². The third-order valence-electron chi connectivity index (χ3n) is 4.88. The van der Waals surface area contributed by atoms with E-state index in [1.165, 1.54) is 11.3 Å². The molecule has 0 unspecified atom stereocenters. The lowest BCUT2D eigenvalue weighted by Crippen LogP contribution is -2.71. The highest BCUT2D eigenvalue weighted by Crippen LogP contribution is 2.48. The molecule has 1 aliphatic carbocycles. The number of thiazole rings is 1. The standard InChI is InChI=1S/C17H16N4OS/c18-11-20-13-8-17(9-13)6-7-21(17)16(22)14-10-19-15(23-14)12-4-2-1-3-5-12/h1-5,10,13,20H,6-9H2. The third-order valence-corrected chi connectivity index (χ3v) is 5.91. The predicted octanol–water partition coefficient (Wildman–Crippen LogP) is 2.63. The van der Waals surface area contributed by atoms with Gasteiger partial charge in [0.2, 0.25) is 0 Å². The monoisotopic (exact) mass is 324 g/mol. The first-order chi connectivity index (χ1) is 11.2. The average molecular weight is 324 g/mol. The highest BCUT2D eigenvalue weighted by Gasteiger charge is 2.56. The normalized spacial score (nSPS) is 25.3. The number of nitriles is 1. The summed E-state index contributed by atoms with van der Waals surface area (Å²) in [6.07, 6.45) is 6.45. The number of aromatic nitrogens is 1. The number of amides is 1. The Labute approximate surface area is 138 Å². The Kier molecular flexibility index (Phi) is 3.31. The van der Waals surface area contributed by atoms with Crippen molar-refractivity contribution in [3.05, 3.63) is 41.4 Å². The summed E-state index contributed by atoms with van der Waals surface area (Å²) in [6.45, 7) is 0.802. The van der Waals surface area contributed by atoms with E-state index in [4.69, 9.17) is 5.26 Å². The molecule has 116 valence electrons. The van der Waals surface area contributed by atoms with Gasteiger partial charge < -0.3 is 10.2 Å². The van der Waals surface area contributed by atoms with Crippen LogP contribution in [0, 0.1) is 11.5 Å². The first kappa shape index (κ1) is 14.2. The lowest BCUT2D eigenvalue weighted by molar-refractivity contribution is -0.0623. The van der Waals surface area contributed by atoms with Crippen molar-refractivity contribution in [2.24, 2.45) is 0 Å². The molecule has 1 aromatic carbocycles. The highest BCUT2D eigenvalue weighted by atomic mass is 32.1. The van der Waals surface area contributed by atoms with Crippen molar-refractivity contribution >= 4 is 17.2 Å². The zero-order valence-electron chi connectivity index (χ0n) is 12.5. The summed E-state index contributed by atoms with van der Waals surface area (Å²) in [7, 11) is 0. The van der Waals surface area contributed by atoms with Gasteiger partial charge in [0.1, 0.15) is 9.88 Å². The smallest absolute Gasteiger partial charge is 0.266 e. The third kappa shape index (κ3) is 2.28. The van der Waals surface area contributed by atoms with Crippen molar-refractivity contribution in [3.63, 3.8) is 0 Å². The van der Waals surface area contributed by atoms with Crippen LogP contribution >= 0.6 is 11.3 Å². The Hall–Kier alpha value is -2.39. The number of nitrogens with zero attached hydrogens (tertiary/aromatic N) is 3. The van der Waals surface area contributed by atoms with Crippen molar-refractivity contribution in [2.75, 3.05) is 6.54 Å². The molecule has 0 bridgehead atoms. The predicted molar refractivity (Wildman–Crippen MR) is 87.7 cm³/mol. The maximum Gasteiger partial charge on any atom is 0.266 e. The van der Waals surface area contributed by atoms with Gasteiger partial charge in [-0.3, -0.25) is 4.79 Å². The van der Waals surface area contributed by atoms with E-state index in [1.54, 1.807) is 6.20 Å². The number of likely N-dealkylation sites (tertiary alicyclic amines) is 1. The summed E-state index contributed by atoms with van der Waals surface area (Å²) in [5.74, 6) is 0.0753. The lowest BCUT2D eigenvalue weighted by atomic mass is 9.64. The molecular weight excluding hydrogens is 308 g/mol. The Morgan fingerprint density at radius 2 is 2.17 bits per heavy atom. The number of benzene rings is 1. The Morgan fingerprint density at radius 3 is 2.83 bits per heavy atom. The van der Waals surface area contributed by atoms with Gasteiger partial charge in [-0.2, -0.15) is 5.26 Å². The number of hydrogen-bond acceptors (Lipinski definition) is 5. The SMILES string of the molecule is N#CNC1CC2(CCN2C(=O)c2cnc(-c3ccccc3)s2)C1. The van der Waals surface area contributed by atoms with E-state index in [-0.39, 0.29) is 17.5 Å². The van der Waals surface area contributed by atoms with Crippen LogP contribution in [0.4, 0.5) is 0 Å². The van der Waals surface area contributed by atoms with Gasteiger partial charge in [-0.05, 0) is 19.3 Å². The largest absolute Gasteiger partial charge is 0.332 e. The molecule has 1 aromatic heterocycles. The van der Waals surface area contributed by atoms with Crippen molar-refractivity contribution in [1.82, 2.24) is 15.2 Å². The van der Waals surface area contributed by atoms with Crippen LogP contribution in [0.15, 0.2) is 36.5 Å². The van der Waals surface area contributed by atoms with Crippen LogP contribution in [0.5, 0.6) is 0 Å². The van der Waals surface area contributed by atoms with Gasteiger partial charge in [-0.15, -0.1) is 11.3 Å². The van der Waals surface area contributed by atoms with E-state index in [0.717, 1.165) is 36.4 Å². The van der Waals surface area contributed by atoms with Gasteiger partial charge >= 0.3 is 0 Å². The fourth-order valence-corrected chi connectivity index (χ4v) is 4.42. The van der Waals surface area contributed by atoms with Crippen LogP contribution in [0.2, 0.25) is 0 Å². The Bertz CT molecular complexity index is 773. The first-order valence-electron chi connectivity index (χ1n) is 7.70. The second-order valence-corrected chi connectivity index (χ2v) is 7.22. The van der Waals surface area contributed by atoms with Crippen LogP contribution in [-0.4, -0.2) is 33.9 Å². The van der Waals surface area contributed by atoms with Crippen molar-refractivity contribution in [1.29, 1.82) is 5.26 Å². The summed E-state index contributed by atoms with van der Waals surface area (Å²) < 4.78 is 0. The summed E-state index contributed by atoms with van der Waals surface area (Å²) in [5, 5.41) is 12.3. The molecule has 1 N–H and O–H groups in total. The molecule has 1 amide bonds. The van der Waals surface area contributed by atoms with E-state index >= 15 is 0 Å². The Morgan fingerprint density at radius 1 is 1.39 bits per heavy atom. The summed E-state index contributed by atoms with van der Waals surface area (Å²) in [5.41, 5.74) is 1.01. The molecule has 23 heavy (non-hydrogen) atoms. The number of carbonyl (C=O) groups is 1. The molecule has 2 aromatic rings. The van der Waals surface area contributed by atoms with Gasteiger partial charge in [0.15, 0.2) is 6.19 Å². The quantitative estimate of drug-likeness (QED) is 0.696. The maximum absolute atomic E-state index is 12.8. The minimum absolute atomic E-state index is 0.0253. The van der Waals surface area contributed by atoms with Crippen LogP contribution in [0.1, 0.15) is 28.9 Å². The molecule has 2 aliphatic rings. The van der Waals surface area contributed by atoms with E-state index < -0.39 is 0 Å². The number of carbonyl (C=O) groups excluding carboxylic acids is 1. The molecule has 6 heteroatoms. The van der Waals surface area contributed by atoms with E-state index in [1.807, 2.05) is 41.4 Å². The van der Waals surface area contributed by atoms with Gasteiger partial charge in [-0.25, -0.2) is 4.98 Å². The van der Waals surface area contributed by atoms with E-state index in [9.17, 15) is 4.79 Å². The molecule has 1 spiro atoms. The fraction of sp³-hybridized carbons (Fsp3) is 0.353. The molecule has 0 radical (unpaired) electrons. The minimum Gasteiger partial charge on any atom is -0.332 e.